The van der Waals surface area contributed by atoms with Crippen LogP contribution in [0.1, 0.15) is 33.1 Å². The highest BCUT2D eigenvalue weighted by molar-refractivity contribution is 7.22. The predicted molar refractivity (Wildman–Crippen MR) is 140 cm³/mol. The van der Waals surface area contributed by atoms with E-state index < -0.39 is 23.7 Å². The van der Waals surface area contributed by atoms with Gasteiger partial charge in [-0.3, -0.25) is 14.5 Å². The molecule has 1 aromatic heterocycles. The minimum absolute atomic E-state index is 0.0728. The highest BCUT2D eigenvalue weighted by Crippen LogP contribution is 2.44. The lowest BCUT2D eigenvalue weighted by molar-refractivity contribution is -0.132. The van der Waals surface area contributed by atoms with Crippen molar-refractivity contribution in [1.29, 1.82) is 0 Å². The maximum atomic E-state index is 13.4. The SMILES string of the molecule is COC(=O)c1ccc([C@@H]2/C(=C(\O)c3ccc(OC)cc3)C(=O)C(=O)N2c2nc3ccc(C)cc3s2)cc1. The highest BCUT2D eigenvalue weighted by Gasteiger charge is 2.48. The van der Waals surface area contributed by atoms with Gasteiger partial charge in [-0.1, -0.05) is 29.5 Å². The fraction of sp³-hybridized carbons (Fsp3) is 0.143. The number of thiazole rings is 1. The molecule has 0 spiro atoms. The van der Waals surface area contributed by atoms with Crippen molar-refractivity contribution in [3.05, 3.63) is 94.6 Å². The summed E-state index contributed by atoms with van der Waals surface area (Å²) in [7, 11) is 2.81. The molecule has 9 heteroatoms. The fourth-order valence-electron chi connectivity index (χ4n) is 4.29. The summed E-state index contributed by atoms with van der Waals surface area (Å²) < 4.78 is 10.8. The molecule has 186 valence electrons. The van der Waals surface area contributed by atoms with Crippen LogP contribution in [0.15, 0.2) is 72.3 Å². The van der Waals surface area contributed by atoms with Crippen molar-refractivity contribution < 1.29 is 29.0 Å². The Morgan fingerprint density at radius 3 is 2.30 bits per heavy atom. The van der Waals surface area contributed by atoms with Crippen LogP contribution in [0.3, 0.4) is 0 Å². The van der Waals surface area contributed by atoms with Gasteiger partial charge in [-0.2, -0.15) is 0 Å². The van der Waals surface area contributed by atoms with Crippen molar-refractivity contribution in [2.24, 2.45) is 0 Å². The lowest BCUT2D eigenvalue weighted by atomic mass is 9.94. The molecule has 3 aromatic carbocycles. The number of hydrogen-bond acceptors (Lipinski definition) is 8. The Balaban J connectivity index is 1.69. The molecule has 0 radical (unpaired) electrons. The molecule has 0 aliphatic carbocycles. The molecule has 0 unspecified atom stereocenters. The number of esters is 1. The summed E-state index contributed by atoms with van der Waals surface area (Å²) in [6.07, 6.45) is 0. The van der Waals surface area contributed by atoms with Crippen molar-refractivity contribution in [2.45, 2.75) is 13.0 Å². The zero-order valence-electron chi connectivity index (χ0n) is 20.2. The number of anilines is 1. The number of ether oxygens (including phenoxy) is 2. The van der Waals surface area contributed by atoms with Crippen molar-refractivity contribution in [1.82, 2.24) is 4.98 Å². The van der Waals surface area contributed by atoms with Gasteiger partial charge in [0.15, 0.2) is 5.13 Å². The van der Waals surface area contributed by atoms with Crippen molar-refractivity contribution in [3.63, 3.8) is 0 Å². The van der Waals surface area contributed by atoms with Gasteiger partial charge in [0, 0.05) is 5.56 Å². The molecule has 4 aromatic rings. The number of carbonyl (C=O) groups excluding carboxylic acids is 3. The number of Topliss-reactive ketones (excluding diaryl/α,β-unsaturated/α-hetero) is 1. The second-order valence-corrected chi connectivity index (χ2v) is 9.49. The number of aryl methyl sites for hydroxylation is 1. The third-order valence-corrected chi connectivity index (χ3v) is 7.21. The molecule has 1 saturated heterocycles. The van der Waals surface area contributed by atoms with E-state index in [9.17, 15) is 19.5 Å². The molecular formula is C28H22N2O6S. The topological polar surface area (TPSA) is 106 Å². The first-order chi connectivity index (χ1) is 17.8. The summed E-state index contributed by atoms with van der Waals surface area (Å²) in [5.74, 6) is -1.88. The van der Waals surface area contributed by atoms with Gasteiger partial charge in [-0.15, -0.1) is 0 Å². The molecule has 1 atom stereocenters. The van der Waals surface area contributed by atoms with E-state index in [-0.39, 0.29) is 11.3 Å². The average molecular weight is 515 g/mol. The number of carbonyl (C=O) groups is 3. The van der Waals surface area contributed by atoms with Gasteiger partial charge in [0.25, 0.3) is 5.78 Å². The van der Waals surface area contributed by atoms with E-state index in [0.29, 0.717) is 33.1 Å². The first-order valence-electron chi connectivity index (χ1n) is 11.3. The standard InChI is InChI=1S/C28H22N2O6S/c1-15-4-13-20-21(14-15)37-28(29-20)30-23(16-5-7-18(8-6-16)27(34)36-3)22(25(32)26(30)33)24(31)17-9-11-19(35-2)12-10-17/h4-14,23,31H,1-3H3/b24-22+/t23-/m1/s1. The van der Waals surface area contributed by atoms with Gasteiger partial charge < -0.3 is 14.6 Å². The van der Waals surface area contributed by atoms with Crippen LogP contribution in [-0.2, 0) is 14.3 Å². The molecule has 1 fully saturated rings. The number of hydrogen-bond donors (Lipinski definition) is 1. The Morgan fingerprint density at radius 1 is 0.973 bits per heavy atom. The third-order valence-electron chi connectivity index (χ3n) is 6.19. The zero-order chi connectivity index (χ0) is 26.3. The summed E-state index contributed by atoms with van der Waals surface area (Å²) >= 11 is 1.29. The largest absolute Gasteiger partial charge is 0.507 e. The maximum absolute atomic E-state index is 13.4. The van der Waals surface area contributed by atoms with Gasteiger partial charge in [0.2, 0.25) is 0 Å². The molecule has 37 heavy (non-hydrogen) atoms. The van der Waals surface area contributed by atoms with Crippen LogP contribution in [0.25, 0.3) is 16.0 Å². The Morgan fingerprint density at radius 2 is 1.65 bits per heavy atom. The quantitative estimate of drug-likeness (QED) is 0.172. The van der Waals surface area contributed by atoms with Crippen LogP contribution >= 0.6 is 11.3 Å². The number of methoxy groups -OCH3 is 2. The number of nitrogens with zero attached hydrogens (tertiary/aromatic N) is 2. The molecule has 1 amide bonds. The van der Waals surface area contributed by atoms with Crippen LogP contribution in [0.4, 0.5) is 5.13 Å². The molecule has 1 N–H and O–H groups in total. The van der Waals surface area contributed by atoms with Crippen LogP contribution in [-0.4, -0.2) is 42.0 Å². The van der Waals surface area contributed by atoms with Gasteiger partial charge in [-0.05, 0) is 66.6 Å². The second kappa shape index (κ2) is 9.51. The van der Waals surface area contributed by atoms with E-state index in [1.54, 1.807) is 48.5 Å². The van der Waals surface area contributed by atoms with E-state index in [4.69, 9.17) is 9.47 Å². The number of aliphatic hydroxyl groups is 1. The molecule has 8 nitrogen and oxygen atoms in total. The highest BCUT2D eigenvalue weighted by atomic mass is 32.1. The summed E-state index contributed by atoms with van der Waals surface area (Å²) in [5.41, 5.74) is 2.86. The van der Waals surface area contributed by atoms with Crippen LogP contribution in [0.2, 0.25) is 0 Å². The van der Waals surface area contributed by atoms with E-state index in [1.165, 1.54) is 30.5 Å². The molecule has 1 aliphatic heterocycles. The van der Waals surface area contributed by atoms with E-state index in [1.807, 2.05) is 25.1 Å². The molecule has 0 bridgehead atoms. The minimum Gasteiger partial charge on any atom is -0.507 e. The van der Waals surface area contributed by atoms with Crippen molar-refractivity contribution in [2.75, 3.05) is 19.1 Å². The minimum atomic E-state index is -0.963. The van der Waals surface area contributed by atoms with Gasteiger partial charge in [-0.25, -0.2) is 9.78 Å². The third kappa shape index (κ3) is 4.23. The van der Waals surface area contributed by atoms with Crippen LogP contribution < -0.4 is 9.64 Å². The monoisotopic (exact) mass is 514 g/mol. The molecular weight excluding hydrogens is 492 g/mol. The second-order valence-electron chi connectivity index (χ2n) is 8.48. The Kier molecular flexibility index (Phi) is 6.22. The number of ketones is 1. The fourth-order valence-corrected chi connectivity index (χ4v) is 5.38. The summed E-state index contributed by atoms with van der Waals surface area (Å²) in [4.78, 5) is 44.7. The number of rotatable bonds is 5. The van der Waals surface area contributed by atoms with Crippen LogP contribution in [0.5, 0.6) is 5.75 Å². The number of aliphatic hydroxyl groups excluding tert-OH is 1. The van der Waals surface area contributed by atoms with Gasteiger partial charge in [0.05, 0.1) is 41.6 Å². The Labute approximate surface area is 216 Å². The molecule has 0 saturated carbocycles. The summed E-state index contributed by atoms with van der Waals surface area (Å²) in [5, 5.41) is 11.6. The van der Waals surface area contributed by atoms with E-state index >= 15 is 0 Å². The molecule has 2 heterocycles. The smallest absolute Gasteiger partial charge is 0.337 e. The van der Waals surface area contributed by atoms with E-state index in [2.05, 4.69) is 4.98 Å². The average Bonchev–Trinajstić information content (AvgIpc) is 3.45. The first kappa shape index (κ1) is 24.2. The van der Waals surface area contributed by atoms with Crippen LogP contribution in [0, 0.1) is 6.92 Å². The normalized spacial score (nSPS) is 16.8. The Hall–Kier alpha value is -4.50. The molecule has 5 rings (SSSR count). The summed E-state index contributed by atoms with van der Waals surface area (Å²) in [6, 6.07) is 17.7. The van der Waals surface area contributed by atoms with Gasteiger partial charge in [0.1, 0.15) is 11.5 Å². The van der Waals surface area contributed by atoms with Crippen molar-refractivity contribution >= 4 is 50.1 Å². The number of fused-ring (bicyclic) bond motifs is 1. The number of amides is 1. The predicted octanol–water partition coefficient (Wildman–Crippen LogP) is 5.03. The van der Waals surface area contributed by atoms with E-state index in [0.717, 1.165) is 10.3 Å². The number of benzene rings is 3. The van der Waals surface area contributed by atoms with Gasteiger partial charge >= 0.3 is 11.9 Å². The maximum Gasteiger partial charge on any atom is 0.337 e. The molecule has 1 aliphatic rings. The summed E-state index contributed by atoms with van der Waals surface area (Å²) in [6.45, 7) is 1.96. The lowest BCUT2D eigenvalue weighted by Gasteiger charge is -2.23. The lowest BCUT2D eigenvalue weighted by Crippen LogP contribution is -2.29. The van der Waals surface area contributed by atoms with Crippen molar-refractivity contribution in [3.8, 4) is 5.75 Å². The Bertz CT molecular complexity index is 1570. The first-order valence-corrected chi connectivity index (χ1v) is 12.1. The zero-order valence-corrected chi connectivity index (χ0v) is 21.0. The number of aromatic nitrogens is 1.